The van der Waals surface area contributed by atoms with Crippen molar-refractivity contribution >= 4 is 11.9 Å². The van der Waals surface area contributed by atoms with E-state index < -0.39 is 23.0 Å². The molecule has 0 aromatic heterocycles. The lowest BCUT2D eigenvalue weighted by Crippen LogP contribution is -2.37. The Kier molecular flexibility index (Phi) is 3.10. The monoisotopic (exact) mass is 227 g/mol. The normalized spacial score (nSPS) is 28.1. The standard InChI is InChI=1S/C11H17NO4/c1-5-7-6-11(7,9(14)16-12)8(13)15-10(2,3)4/h5,7H,1,6,12H2,2-4H3. The number of rotatable bonds is 3. The van der Waals surface area contributed by atoms with Crippen LogP contribution in [0.1, 0.15) is 27.2 Å². The molecule has 1 fully saturated rings. The maximum Gasteiger partial charge on any atom is 0.342 e. The summed E-state index contributed by atoms with van der Waals surface area (Å²) in [6.07, 6.45) is 1.89. The Morgan fingerprint density at radius 2 is 2.00 bits per heavy atom. The molecule has 0 aromatic rings. The highest BCUT2D eigenvalue weighted by Gasteiger charge is 2.67. The molecule has 90 valence electrons. The van der Waals surface area contributed by atoms with Crippen LogP contribution in [-0.4, -0.2) is 17.5 Å². The van der Waals surface area contributed by atoms with Gasteiger partial charge in [-0.15, -0.1) is 6.58 Å². The summed E-state index contributed by atoms with van der Waals surface area (Å²) in [4.78, 5) is 27.5. The molecular formula is C11H17NO4. The summed E-state index contributed by atoms with van der Waals surface area (Å²) in [6, 6.07) is 0. The molecule has 1 aliphatic rings. The lowest BCUT2D eigenvalue weighted by molar-refractivity contribution is -0.172. The second-order valence-corrected chi connectivity index (χ2v) is 4.92. The molecule has 1 aliphatic carbocycles. The van der Waals surface area contributed by atoms with Crippen LogP contribution < -0.4 is 5.90 Å². The summed E-state index contributed by atoms with van der Waals surface area (Å²) in [5.41, 5.74) is -1.92. The van der Waals surface area contributed by atoms with Gasteiger partial charge in [0, 0.05) is 5.92 Å². The lowest BCUT2D eigenvalue weighted by Gasteiger charge is -2.22. The number of hydrogen-bond acceptors (Lipinski definition) is 5. The maximum atomic E-state index is 11.9. The van der Waals surface area contributed by atoms with E-state index in [0.717, 1.165) is 0 Å². The van der Waals surface area contributed by atoms with Gasteiger partial charge in [-0.3, -0.25) is 4.79 Å². The highest BCUT2D eigenvalue weighted by Crippen LogP contribution is 2.55. The van der Waals surface area contributed by atoms with E-state index in [9.17, 15) is 9.59 Å². The van der Waals surface area contributed by atoms with E-state index in [1.54, 1.807) is 26.8 Å². The SMILES string of the molecule is C=CC1CC1(C(=O)ON)C(=O)OC(C)(C)C. The number of nitrogens with two attached hydrogens (primary N) is 1. The molecule has 0 spiro atoms. The van der Waals surface area contributed by atoms with Gasteiger partial charge in [0.2, 0.25) is 0 Å². The fraction of sp³-hybridized carbons (Fsp3) is 0.636. The second-order valence-electron chi connectivity index (χ2n) is 4.92. The smallest absolute Gasteiger partial charge is 0.342 e. The van der Waals surface area contributed by atoms with Gasteiger partial charge in [0.1, 0.15) is 5.60 Å². The molecule has 2 atom stereocenters. The summed E-state index contributed by atoms with van der Waals surface area (Å²) in [5.74, 6) is 3.22. The van der Waals surface area contributed by atoms with Crippen LogP contribution >= 0.6 is 0 Å². The van der Waals surface area contributed by atoms with Gasteiger partial charge < -0.3 is 9.57 Å². The van der Waals surface area contributed by atoms with Gasteiger partial charge in [-0.1, -0.05) is 6.08 Å². The molecule has 1 saturated carbocycles. The third-order valence-electron chi connectivity index (χ3n) is 2.53. The van der Waals surface area contributed by atoms with E-state index in [1.807, 2.05) is 0 Å². The summed E-state index contributed by atoms with van der Waals surface area (Å²) >= 11 is 0. The maximum absolute atomic E-state index is 11.9. The lowest BCUT2D eigenvalue weighted by atomic mass is 10.0. The van der Waals surface area contributed by atoms with Crippen molar-refractivity contribution in [3.05, 3.63) is 12.7 Å². The largest absolute Gasteiger partial charge is 0.459 e. The van der Waals surface area contributed by atoms with Crippen LogP contribution in [0, 0.1) is 11.3 Å². The highest BCUT2D eigenvalue weighted by atomic mass is 16.7. The molecule has 0 saturated heterocycles. The van der Waals surface area contributed by atoms with Gasteiger partial charge >= 0.3 is 11.9 Å². The number of carbonyl (C=O) groups excluding carboxylic acids is 2. The number of hydrogen-bond donors (Lipinski definition) is 1. The minimum atomic E-state index is -1.27. The molecule has 5 nitrogen and oxygen atoms in total. The zero-order chi connectivity index (χ0) is 12.6. The summed E-state index contributed by atoms with van der Waals surface area (Å²) in [7, 11) is 0. The molecule has 0 heterocycles. The van der Waals surface area contributed by atoms with Gasteiger partial charge in [0.25, 0.3) is 0 Å². The van der Waals surface area contributed by atoms with E-state index in [-0.39, 0.29) is 5.92 Å². The van der Waals surface area contributed by atoms with E-state index in [1.165, 1.54) is 0 Å². The van der Waals surface area contributed by atoms with Crippen molar-refractivity contribution in [3.63, 3.8) is 0 Å². The van der Waals surface area contributed by atoms with Crippen LogP contribution in [-0.2, 0) is 19.2 Å². The quantitative estimate of drug-likeness (QED) is 0.336. The average molecular weight is 227 g/mol. The first kappa shape index (κ1) is 12.7. The van der Waals surface area contributed by atoms with Crippen molar-refractivity contribution in [2.24, 2.45) is 17.2 Å². The predicted octanol–water partition coefficient (Wildman–Crippen LogP) is 0.937. The number of carbonyl (C=O) groups is 2. The molecule has 0 amide bonds. The molecule has 2 unspecified atom stereocenters. The molecule has 16 heavy (non-hydrogen) atoms. The molecule has 1 rings (SSSR count). The van der Waals surface area contributed by atoms with E-state index in [4.69, 9.17) is 10.6 Å². The topological polar surface area (TPSA) is 78.6 Å². The minimum absolute atomic E-state index is 0.251. The Labute approximate surface area is 94.5 Å². The summed E-state index contributed by atoms with van der Waals surface area (Å²) in [5, 5.41) is 0. The minimum Gasteiger partial charge on any atom is -0.459 e. The first-order valence-corrected chi connectivity index (χ1v) is 5.05. The fourth-order valence-electron chi connectivity index (χ4n) is 1.60. The van der Waals surface area contributed by atoms with Gasteiger partial charge in [-0.2, -0.15) is 5.90 Å². The van der Waals surface area contributed by atoms with Crippen LogP contribution in [0.15, 0.2) is 12.7 Å². The van der Waals surface area contributed by atoms with Crippen molar-refractivity contribution in [3.8, 4) is 0 Å². The number of ether oxygens (including phenoxy) is 1. The molecule has 0 bridgehead atoms. The fourth-order valence-corrected chi connectivity index (χ4v) is 1.60. The summed E-state index contributed by atoms with van der Waals surface area (Å²) < 4.78 is 5.18. The van der Waals surface area contributed by atoms with Crippen LogP contribution in [0.4, 0.5) is 0 Å². The molecule has 0 aromatic carbocycles. The third kappa shape index (κ3) is 2.09. The second kappa shape index (κ2) is 3.90. The van der Waals surface area contributed by atoms with Crippen LogP contribution in [0.3, 0.4) is 0 Å². The first-order valence-electron chi connectivity index (χ1n) is 5.05. The zero-order valence-corrected chi connectivity index (χ0v) is 9.78. The van der Waals surface area contributed by atoms with Crippen molar-refractivity contribution in [2.75, 3.05) is 0 Å². The molecule has 0 aliphatic heterocycles. The summed E-state index contributed by atoms with van der Waals surface area (Å²) in [6.45, 7) is 8.76. The Morgan fingerprint density at radius 1 is 1.44 bits per heavy atom. The molecule has 5 heteroatoms. The van der Waals surface area contributed by atoms with E-state index in [0.29, 0.717) is 6.42 Å². The molecular weight excluding hydrogens is 210 g/mol. The van der Waals surface area contributed by atoms with Crippen LogP contribution in [0.25, 0.3) is 0 Å². The first-order chi connectivity index (χ1) is 7.28. The van der Waals surface area contributed by atoms with Crippen LogP contribution in [0.2, 0.25) is 0 Å². The average Bonchev–Trinajstić information content (AvgIpc) is 2.89. The van der Waals surface area contributed by atoms with Crippen molar-refractivity contribution < 1.29 is 19.2 Å². The van der Waals surface area contributed by atoms with E-state index >= 15 is 0 Å². The molecule has 0 radical (unpaired) electrons. The van der Waals surface area contributed by atoms with E-state index in [2.05, 4.69) is 11.4 Å². The van der Waals surface area contributed by atoms with Crippen molar-refractivity contribution in [1.29, 1.82) is 0 Å². The van der Waals surface area contributed by atoms with Crippen molar-refractivity contribution in [2.45, 2.75) is 32.8 Å². The number of esters is 1. The third-order valence-corrected chi connectivity index (χ3v) is 2.53. The molecule has 2 N–H and O–H groups in total. The predicted molar refractivity (Wildman–Crippen MR) is 56.9 cm³/mol. The van der Waals surface area contributed by atoms with Gasteiger partial charge in [-0.05, 0) is 27.2 Å². The van der Waals surface area contributed by atoms with Gasteiger partial charge in [-0.25, -0.2) is 4.79 Å². The Balaban J connectivity index is 2.85. The number of allylic oxidation sites excluding steroid dienone is 1. The Hall–Kier alpha value is -1.36. The van der Waals surface area contributed by atoms with Crippen molar-refractivity contribution in [1.82, 2.24) is 0 Å². The van der Waals surface area contributed by atoms with Gasteiger partial charge in [0.15, 0.2) is 5.41 Å². The van der Waals surface area contributed by atoms with Gasteiger partial charge in [0.05, 0.1) is 0 Å². The Morgan fingerprint density at radius 3 is 2.31 bits per heavy atom. The Bertz CT molecular complexity index is 331. The van der Waals surface area contributed by atoms with Crippen LogP contribution in [0.5, 0.6) is 0 Å². The highest BCUT2D eigenvalue weighted by molar-refractivity contribution is 6.04. The zero-order valence-electron chi connectivity index (χ0n) is 9.78.